The maximum absolute atomic E-state index is 14.7. The molecule has 0 saturated heterocycles. The van der Waals surface area contributed by atoms with Gasteiger partial charge in [-0.25, -0.2) is 4.79 Å². The molecule has 0 aliphatic rings. The van der Waals surface area contributed by atoms with Gasteiger partial charge < -0.3 is 55.6 Å². The number of imide groups is 1. The van der Waals surface area contributed by atoms with Crippen LogP contribution in [-0.2, 0) is 47.9 Å². The second kappa shape index (κ2) is 37.2. The van der Waals surface area contributed by atoms with Crippen molar-refractivity contribution in [2.75, 3.05) is 68.1 Å². The number of allylic oxidation sites excluding steroid dienone is 2. The molecule has 0 aromatic heterocycles. The van der Waals surface area contributed by atoms with Crippen LogP contribution in [0.5, 0.6) is 0 Å². The third-order valence-corrected chi connectivity index (χ3v) is 15.2. The van der Waals surface area contributed by atoms with E-state index in [1.54, 1.807) is 55.4 Å². The number of nitrogens with one attached hydrogen (secondary N) is 5. The average molecular weight is 1200 g/mol. The summed E-state index contributed by atoms with van der Waals surface area (Å²) in [6.07, 6.45) is 6.43. The molecule has 0 heterocycles. The molecule has 0 aliphatic heterocycles. The van der Waals surface area contributed by atoms with E-state index in [4.69, 9.17) is 4.74 Å². The molecule has 0 fully saturated rings. The number of amides is 11. The van der Waals surface area contributed by atoms with Gasteiger partial charge in [0.15, 0.2) is 0 Å². The molecule has 83 heavy (non-hydrogen) atoms. The summed E-state index contributed by atoms with van der Waals surface area (Å²) in [7, 11) is 10.1. The highest BCUT2D eigenvalue weighted by Gasteiger charge is 2.42. The Morgan fingerprint density at radius 1 is 0.639 bits per heavy atom. The van der Waals surface area contributed by atoms with E-state index >= 15 is 0 Å². The van der Waals surface area contributed by atoms with Gasteiger partial charge in [0.1, 0.15) is 48.5 Å². The van der Waals surface area contributed by atoms with Crippen LogP contribution in [0.4, 0.5) is 4.79 Å². The molecule has 0 aromatic rings. The lowest BCUT2D eigenvalue weighted by Crippen LogP contribution is -2.61. The first-order valence-electron chi connectivity index (χ1n) is 29.3. The van der Waals surface area contributed by atoms with Crippen molar-refractivity contribution in [3.05, 3.63) is 12.2 Å². The highest BCUT2D eigenvalue weighted by molar-refractivity contribution is 7.98. The fourth-order valence-electron chi connectivity index (χ4n) is 9.25. The highest BCUT2D eigenvalue weighted by atomic mass is 32.2. The summed E-state index contributed by atoms with van der Waals surface area (Å²) in [5.41, 5.74) is -0.989. The molecule has 6 N–H and O–H groups in total. The Labute approximate surface area is 501 Å². The molecule has 0 aromatic carbocycles. The first-order valence-corrected chi connectivity index (χ1v) is 30.6. The van der Waals surface area contributed by atoms with Crippen molar-refractivity contribution in [2.45, 2.75) is 209 Å². The van der Waals surface area contributed by atoms with Crippen LogP contribution in [0.2, 0.25) is 0 Å². The summed E-state index contributed by atoms with van der Waals surface area (Å²) < 4.78 is 6.10. The maximum atomic E-state index is 14.7. The molecule has 478 valence electrons. The minimum atomic E-state index is -1.25. The van der Waals surface area contributed by atoms with Crippen molar-refractivity contribution in [3.63, 3.8) is 0 Å². The van der Waals surface area contributed by atoms with E-state index in [0.717, 1.165) is 9.80 Å². The third-order valence-electron chi connectivity index (χ3n) is 14.8. The molecule has 24 heteroatoms. The lowest BCUT2D eigenvalue weighted by molar-refractivity contribution is -0.148. The number of carbonyl (C=O) groups is 10. The van der Waals surface area contributed by atoms with Gasteiger partial charge in [-0.2, -0.15) is 0 Å². The largest absolute Gasteiger partial charge is 0.376 e. The van der Waals surface area contributed by atoms with Crippen LogP contribution in [0, 0.1) is 29.6 Å². The minimum Gasteiger partial charge on any atom is -0.376 e. The summed E-state index contributed by atoms with van der Waals surface area (Å²) in [6, 6.07) is -9.22. The zero-order chi connectivity index (χ0) is 64.5. The Kier molecular flexibility index (Phi) is 34.8. The van der Waals surface area contributed by atoms with Gasteiger partial charge in [0.25, 0.3) is 0 Å². The number of aliphatic hydroxyl groups excluding tert-OH is 1. The van der Waals surface area contributed by atoms with Crippen molar-refractivity contribution >= 4 is 71.0 Å². The maximum Gasteiger partial charge on any atom is 0.326 e. The smallest absolute Gasteiger partial charge is 0.326 e. The molecule has 0 spiro atoms. The van der Waals surface area contributed by atoms with E-state index in [9.17, 15) is 53.1 Å². The molecular formula is C59H109N11O12S. The number of aliphatic hydroxyl groups is 1. The highest BCUT2D eigenvalue weighted by Crippen LogP contribution is 2.25. The first-order chi connectivity index (χ1) is 38.4. The molecule has 3 unspecified atom stereocenters. The molecule has 0 radical (unpaired) electrons. The third kappa shape index (κ3) is 25.4. The number of hydrogen-bond acceptors (Lipinski definition) is 14. The molecule has 11 amide bonds. The predicted molar refractivity (Wildman–Crippen MR) is 326 cm³/mol. The van der Waals surface area contributed by atoms with Crippen LogP contribution < -0.4 is 26.6 Å². The second-order valence-corrected chi connectivity index (χ2v) is 25.2. The Balaban J connectivity index is 6.95. The lowest BCUT2D eigenvalue weighted by atomic mass is 9.94. The fourth-order valence-corrected chi connectivity index (χ4v) is 9.69. The predicted octanol–water partition coefficient (Wildman–Crippen LogP) is 4.02. The van der Waals surface area contributed by atoms with Crippen LogP contribution in [0.25, 0.3) is 0 Å². The summed E-state index contributed by atoms with van der Waals surface area (Å²) in [6.45, 7) is 26.3. The van der Waals surface area contributed by atoms with E-state index in [0.29, 0.717) is 12.8 Å². The average Bonchev–Trinajstić information content (AvgIpc) is 3.61. The van der Waals surface area contributed by atoms with E-state index in [1.807, 2.05) is 60.0 Å². The van der Waals surface area contributed by atoms with Crippen LogP contribution in [0.1, 0.15) is 149 Å². The van der Waals surface area contributed by atoms with Crippen molar-refractivity contribution in [1.82, 2.24) is 56.0 Å². The van der Waals surface area contributed by atoms with Crippen LogP contribution in [0.15, 0.2) is 12.2 Å². The van der Waals surface area contributed by atoms with E-state index in [2.05, 4.69) is 26.6 Å². The Hall–Kier alpha value is -5.33. The molecular weight excluding hydrogens is 1090 g/mol. The summed E-state index contributed by atoms with van der Waals surface area (Å²) in [5, 5.41) is 23.8. The van der Waals surface area contributed by atoms with Crippen molar-refractivity contribution in [2.24, 2.45) is 29.6 Å². The summed E-state index contributed by atoms with van der Waals surface area (Å²) in [4.78, 5) is 148. The van der Waals surface area contributed by atoms with Crippen molar-refractivity contribution < 1.29 is 57.8 Å². The number of ether oxygens (including phenoxy) is 1. The number of carbonyl (C=O) groups excluding carboxylic acids is 10. The topological polar surface area (TPSA) is 280 Å². The molecule has 0 rings (SSSR count). The number of likely N-dealkylation sites (N-methyl/N-ethyl adjacent to an activating group) is 6. The molecule has 0 bridgehead atoms. The standard InChI is InChI=1S/C59H109N11O12S/c1-24-26-27-39(11)31-44(68(20)57(80)49(38(9)10)70(22)58(81)69(21)46(71)29-28-35(3)4)53(76)63-42(25-2)55(78)65(17)33-47(72)66(18)45(32-59(14,15)82-34-83-23)54(77)64-48(37(7)8)56(79)67(19)43(30-36(5)6)52(75)62-41(13)51(74)61-40(12)50(73)60-16/h24,26,35-45,48-50,60,73H,25,27-34H2,1-23H3,(H,61,74)(H,62,75)(H,63,76)(H,64,77)/b26-24+/t39-,40?,41-,42+,43+,44?,45+,48+,49+,50?/m1/s1. The second-order valence-electron chi connectivity index (χ2n) is 24.4. The van der Waals surface area contributed by atoms with E-state index in [1.165, 1.54) is 87.6 Å². The Morgan fingerprint density at radius 3 is 1.67 bits per heavy atom. The van der Waals surface area contributed by atoms with Gasteiger partial charge in [-0.1, -0.05) is 81.4 Å². The number of nitrogens with zero attached hydrogens (tertiary/aromatic N) is 6. The zero-order valence-corrected chi connectivity index (χ0v) is 55.4. The number of thioether (sulfide) groups is 1. The van der Waals surface area contributed by atoms with Gasteiger partial charge >= 0.3 is 6.03 Å². The molecule has 0 saturated carbocycles. The van der Waals surface area contributed by atoms with Crippen LogP contribution in [-0.4, -0.2) is 222 Å². The summed E-state index contributed by atoms with van der Waals surface area (Å²) in [5.74, 6) is -5.91. The summed E-state index contributed by atoms with van der Waals surface area (Å²) >= 11 is 1.41. The minimum absolute atomic E-state index is 0.0427. The number of hydrogen-bond donors (Lipinski definition) is 6. The lowest BCUT2D eigenvalue weighted by Gasteiger charge is -2.38. The first kappa shape index (κ1) is 77.7. The molecule has 23 nitrogen and oxygen atoms in total. The van der Waals surface area contributed by atoms with Gasteiger partial charge in [0.2, 0.25) is 53.2 Å². The van der Waals surface area contributed by atoms with Gasteiger partial charge in [0, 0.05) is 55.1 Å². The monoisotopic (exact) mass is 1200 g/mol. The van der Waals surface area contributed by atoms with Crippen LogP contribution >= 0.6 is 11.8 Å². The fraction of sp³-hybridized carbons (Fsp3) is 0.797. The van der Waals surface area contributed by atoms with Gasteiger partial charge in [-0.05, 0) is 110 Å². The Morgan fingerprint density at radius 2 is 1.18 bits per heavy atom. The quantitative estimate of drug-likeness (QED) is 0.0382. The molecule has 10 atom stereocenters. The molecule has 0 aliphatic carbocycles. The normalized spacial score (nSPS) is 15.5. The zero-order valence-electron chi connectivity index (χ0n) is 54.6. The van der Waals surface area contributed by atoms with Gasteiger partial charge in [0.05, 0.1) is 24.1 Å². The van der Waals surface area contributed by atoms with Crippen molar-refractivity contribution in [1.29, 1.82) is 0 Å². The number of rotatable bonds is 36. The van der Waals surface area contributed by atoms with E-state index < -0.39 is 132 Å². The van der Waals surface area contributed by atoms with Crippen molar-refractivity contribution in [3.8, 4) is 0 Å². The van der Waals surface area contributed by atoms with Gasteiger partial charge in [-0.15, -0.1) is 11.8 Å². The van der Waals surface area contributed by atoms with Crippen LogP contribution in [0.3, 0.4) is 0 Å². The number of urea groups is 1. The SMILES string of the molecule is C/C=C/C[C@@H](C)CC(C(=O)N[C@@H](CC)C(=O)N(C)CC(=O)N(C)[C@@H](CC(C)(C)OCSC)C(=O)N[C@H](C(=O)N(C)[C@@H](CC(C)C)C(=O)N[C@H](C)C(=O)NC(C)C(O)NC)C(C)C)N(C)C(=O)[C@H](C(C)C)N(C)C(=O)N(C)C(=O)CCC(C)C. The van der Waals surface area contributed by atoms with E-state index in [-0.39, 0.29) is 61.7 Å². The van der Waals surface area contributed by atoms with Gasteiger partial charge in [-0.3, -0.25) is 53.4 Å². The Bertz CT molecular complexity index is 2160.